The largest absolute Gasteiger partial charge is 0.320 e. The molecule has 31 heavy (non-hydrogen) atoms. The molecule has 1 N–H and O–H groups in total. The molecule has 0 fully saturated rings. The average molecular weight is 401 g/mol. The summed E-state index contributed by atoms with van der Waals surface area (Å²) in [6, 6.07) is 35.0. The van der Waals surface area contributed by atoms with E-state index in [-0.39, 0.29) is 5.91 Å². The lowest BCUT2D eigenvalue weighted by atomic mass is 10.1. The zero-order valence-electron chi connectivity index (χ0n) is 16.7. The van der Waals surface area contributed by atoms with Gasteiger partial charge in [0, 0.05) is 16.3 Å². The fourth-order valence-electron chi connectivity index (χ4n) is 3.65. The molecule has 0 unspecified atom stereocenters. The molecule has 0 aromatic heterocycles. The SMILES string of the molecule is O=C(Nc1ccc2ccccc2c1N=Nc1cccc2ccccc12)c1ccccc1. The van der Waals surface area contributed by atoms with Crippen LogP contribution in [0.25, 0.3) is 21.5 Å². The summed E-state index contributed by atoms with van der Waals surface area (Å²) in [5, 5.41) is 16.3. The van der Waals surface area contributed by atoms with E-state index >= 15 is 0 Å². The van der Waals surface area contributed by atoms with Crippen LogP contribution in [0.3, 0.4) is 0 Å². The van der Waals surface area contributed by atoms with Crippen molar-refractivity contribution in [1.82, 2.24) is 0 Å². The van der Waals surface area contributed by atoms with Crippen LogP contribution in [0.1, 0.15) is 10.4 Å². The van der Waals surface area contributed by atoms with E-state index in [0.717, 1.165) is 27.2 Å². The maximum Gasteiger partial charge on any atom is 0.255 e. The quantitative estimate of drug-likeness (QED) is 0.309. The van der Waals surface area contributed by atoms with Crippen LogP contribution < -0.4 is 5.32 Å². The fraction of sp³-hybridized carbons (Fsp3) is 0. The summed E-state index contributed by atoms with van der Waals surface area (Å²) in [5.41, 5.74) is 2.63. The molecule has 1 amide bonds. The van der Waals surface area contributed by atoms with Gasteiger partial charge in [-0.3, -0.25) is 4.79 Å². The van der Waals surface area contributed by atoms with E-state index in [1.54, 1.807) is 12.1 Å². The van der Waals surface area contributed by atoms with Crippen molar-refractivity contribution in [3.05, 3.63) is 115 Å². The number of carbonyl (C=O) groups excluding carboxylic acids is 1. The van der Waals surface area contributed by atoms with Crippen molar-refractivity contribution in [3.63, 3.8) is 0 Å². The lowest BCUT2D eigenvalue weighted by Crippen LogP contribution is -2.11. The molecule has 0 aliphatic carbocycles. The molecule has 0 bridgehead atoms. The van der Waals surface area contributed by atoms with Crippen molar-refractivity contribution in [2.75, 3.05) is 5.32 Å². The third-order valence-electron chi connectivity index (χ3n) is 5.21. The Bertz CT molecular complexity index is 1420. The summed E-state index contributed by atoms with van der Waals surface area (Å²) in [7, 11) is 0. The lowest BCUT2D eigenvalue weighted by molar-refractivity contribution is 0.102. The molecule has 0 heterocycles. The summed E-state index contributed by atoms with van der Waals surface area (Å²) in [6.45, 7) is 0. The van der Waals surface area contributed by atoms with Crippen LogP contribution >= 0.6 is 0 Å². The van der Waals surface area contributed by atoms with E-state index in [9.17, 15) is 4.79 Å². The molecular formula is C27H19N3O. The molecular weight excluding hydrogens is 382 g/mol. The second-order valence-electron chi connectivity index (χ2n) is 7.20. The third-order valence-corrected chi connectivity index (χ3v) is 5.21. The van der Waals surface area contributed by atoms with Gasteiger partial charge in [-0.05, 0) is 35.0 Å². The average Bonchev–Trinajstić information content (AvgIpc) is 2.83. The van der Waals surface area contributed by atoms with Gasteiger partial charge in [0.15, 0.2) is 0 Å². The molecule has 5 aromatic carbocycles. The molecule has 5 aromatic rings. The topological polar surface area (TPSA) is 53.8 Å². The number of amides is 1. The van der Waals surface area contributed by atoms with Crippen LogP contribution in [-0.2, 0) is 0 Å². The fourth-order valence-corrected chi connectivity index (χ4v) is 3.65. The first-order chi connectivity index (χ1) is 15.3. The van der Waals surface area contributed by atoms with E-state index < -0.39 is 0 Å². The maximum absolute atomic E-state index is 12.8. The highest BCUT2D eigenvalue weighted by molar-refractivity contribution is 6.09. The molecule has 0 radical (unpaired) electrons. The van der Waals surface area contributed by atoms with Crippen LogP contribution in [-0.4, -0.2) is 5.91 Å². The summed E-state index contributed by atoms with van der Waals surface area (Å²) in [6.07, 6.45) is 0. The minimum atomic E-state index is -0.183. The highest BCUT2D eigenvalue weighted by Crippen LogP contribution is 2.36. The Labute approximate surface area is 179 Å². The smallest absolute Gasteiger partial charge is 0.255 e. The van der Waals surface area contributed by atoms with E-state index in [2.05, 4.69) is 27.7 Å². The van der Waals surface area contributed by atoms with Gasteiger partial charge in [-0.2, -0.15) is 0 Å². The van der Waals surface area contributed by atoms with Gasteiger partial charge in [-0.25, -0.2) is 0 Å². The van der Waals surface area contributed by atoms with Gasteiger partial charge in [0.1, 0.15) is 5.69 Å². The van der Waals surface area contributed by atoms with Crippen LogP contribution in [0, 0.1) is 0 Å². The van der Waals surface area contributed by atoms with Crippen molar-refractivity contribution in [2.45, 2.75) is 0 Å². The predicted molar refractivity (Wildman–Crippen MR) is 126 cm³/mol. The number of hydrogen-bond donors (Lipinski definition) is 1. The van der Waals surface area contributed by atoms with Crippen LogP contribution in [0.15, 0.2) is 119 Å². The Morgan fingerprint density at radius 1 is 0.581 bits per heavy atom. The normalized spacial score (nSPS) is 11.2. The molecule has 0 saturated heterocycles. The number of nitrogens with one attached hydrogen (secondary N) is 1. The highest BCUT2D eigenvalue weighted by atomic mass is 16.1. The number of azo groups is 1. The van der Waals surface area contributed by atoms with Crippen molar-refractivity contribution in [1.29, 1.82) is 0 Å². The van der Waals surface area contributed by atoms with Crippen molar-refractivity contribution in [2.24, 2.45) is 10.2 Å². The Kier molecular flexibility index (Phi) is 4.95. The second kappa shape index (κ2) is 8.20. The van der Waals surface area contributed by atoms with Crippen molar-refractivity contribution >= 4 is 44.5 Å². The van der Waals surface area contributed by atoms with E-state index in [0.29, 0.717) is 16.9 Å². The first kappa shape index (κ1) is 18.7. The van der Waals surface area contributed by atoms with E-state index in [1.165, 1.54) is 0 Å². The minimum absolute atomic E-state index is 0.183. The first-order valence-corrected chi connectivity index (χ1v) is 10.1. The molecule has 4 nitrogen and oxygen atoms in total. The number of rotatable bonds is 4. The molecule has 5 rings (SSSR count). The predicted octanol–water partition coefficient (Wildman–Crippen LogP) is 7.66. The van der Waals surface area contributed by atoms with Gasteiger partial charge in [-0.15, -0.1) is 10.2 Å². The van der Waals surface area contributed by atoms with Gasteiger partial charge in [0.25, 0.3) is 5.91 Å². The van der Waals surface area contributed by atoms with Crippen LogP contribution in [0.2, 0.25) is 0 Å². The van der Waals surface area contributed by atoms with Crippen LogP contribution in [0.5, 0.6) is 0 Å². The number of fused-ring (bicyclic) bond motifs is 2. The first-order valence-electron chi connectivity index (χ1n) is 10.1. The monoisotopic (exact) mass is 401 g/mol. The summed E-state index contributed by atoms with van der Waals surface area (Å²) < 4.78 is 0. The molecule has 0 saturated carbocycles. The molecule has 4 heteroatoms. The summed E-state index contributed by atoms with van der Waals surface area (Å²) >= 11 is 0. The zero-order valence-corrected chi connectivity index (χ0v) is 16.7. The molecule has 0 atom stereocenters. The number of hydrogen-bond acceptors (Lipinski definition) is 3. The van der Waals surface area contributed by atoms with Gasteiger partial charge < -0.3 is 5.32 Å². The Balaban J connectivity index is 1.60. The Morgan fingerprint density at radius 3 is 2.03 bits per heavy atom. The Morgan fingerprint density at radius 2 is 1.23 bits per heavy atom. The summed E-state index contributed by atoms with van der Waals surface area (Å²) in [4.78, 5) is 12.8. The standard InChI is InChI=1S/C27H19N3O/c31-27(21-11-2-1-3-12-21)28-25-18-17-20-10-5-7-15-23(20)26(25)30-29-24-16-8-13-19-9-4-6-14-22(19)24/h1-18H,(H,28,31). The zero-order chi connectivity index (χ0) is 21.0. The van der Waals surface area contributed by atoms with Crippen molar-refractivity contribution in [3.8, 4) is 0 Å². The third kappa shape index (κ3) is 3.79. The second-order valence-corrected chi connectivity index (χ2v) is 7.20. The molecule has 0 spiro atoms. The molecule has 148 valence electrons. The molecule has 0 aliphatic rings. The van der Waals surface area contributed by atoms with Crippen molar-refractivity contribution < 1.29 is 4.79 Å². The minimum Gasteiger partial charge on any atom is -0.320 e. The van der Waals surface area contributed by atoms with E-state index in [1.807, 2.05) is 84.9 Å². The highest BCUT2D eigenvalue weighted by Gasteiger charge is 2.12. The number of benzene rings is 5. The van der Waals surface area contributed by atoms with Crippen LogP contribution in [0.4, 0.5) is 17.1 Å². The van der Waals surface area contributed by atoms with Gasteiger partial charge in [0.2, 0.25) is 0 Å². The lowest BCUT2D eigenvalue weighted by Gasteiger charge is -2.11. The number of nitrogens with zero attached hydrogens (tertiary/aromatic N) is 2. The maximum atomic E-state index is 12.8. The van der Waals surface area contributed by atoms with E-state index in [4.69, 9.17) is 0 Å². The van der Waals surface area contributed by atoms with Gasteiger partial charge in [-0.1, -0.05) is 84.9 Å². The Hall–Kier alpha value is -4.31. The number of anilines is 1. The molecule has 0 aliphatic heterocycles. The number of carbonyl (C=O) groups is 1. The van der Waals surface area contributed by atoms with Gasteiger partial charge in [0.05, 0.1) is 11.4 Å². The van der Waals surface area contributed by atoms with Gasteiger partial charge >= 0.3 is 0 Å². The summed E-state index contributed by atoms with van der Waals surface area (Å²) in [5.74, 6) is -0.183.